The molecule has 0 saturated heterocycles. The standard InChI is InChI=1S/C11H18N2S/c1-8(2)11-13(4)9-5-6-12(3)7-10(9)14-11/h11H,1,5-7H2,2-4H3. The van der Waals surface area contributed by atoms with E-state index < -0.39 is 0 Å². The van der Waals surface area contributed by atoms with Gasteiger partial charge in [0.25, 0.3) is 0 Å². The van der Waals surface area contributed by atoms with Gasteiger partial charge in [-0.1, -0.05) is 18.3 Å². The molecule has 2 heterocycles. The Balaban J connectivity index is 2.17. The lowest BCUT2D eigenvalue weighted by Gasteiger charge is -2.27. The number of likely N-dealkylation sites (N-methyl/N-ethyl adjacent to an activating group) is 2. The van der Waals surface area contributed by atoms with Crippen LogP contribution in [0.15, 0.2) is 22.8 Å². The van der Waals surface area contributed by atoms with Gasteiger partial charge in [-0.05, 0) is 19.5 Å². The first-order valence-corrected chi connectivity index (χ1v) is 5.93. The van der Waals surface area contributed by atoms with E-state index in [9.17, 15) is 0 Å². The molecular weight excluding hydrogens is 192 g/mol. The van der Waals surface area contributed by atoms with Crippen LogP contribution in [0.3, 0.4) is 0 Å². The molecule has 78 valence electrons. The lowest BCUT2D eigenvalue weighted by atomic mass is 10.2. The normalized spacial score (nSPS) is 28.2. The average Bonchev–Trinajstić information content (AvgIpc) is 2.43. The van der Waals surface area contributed by atoms with Gasteiger partial charge in [-0.3, -0.25) is 0 Å². The topological polar surface area (TPSA) is 6.48 Å². The zero-order chi connectivity index (χ0) is 10.3. The van der Waals surface area contributed by atoms with E-state index in [0.29, 0.717) is 5.37 Å². The van der Waals surface area contributed by atoms with Crippen LogP contribution in [-0.4, -0.2) is 42.4 Å². The summed E-state index contributed by atoms with van der Waals surface area (Å²) in [5.74, 6) is 0. The van der Waals surface area contributed by atoms with E-state index in [1.54, 1.807) is 10.6 Å². The lowest BCUT2D eigenvalue weighted by molar-refractivity contribution is 0.318. The highest BCUT2D eigenvalue weighted by Crippen LogP contribution is 2.42. The molecule has 0 aromatic carbocycles. The van der Waals surface area contributed by atoms with Crippen LogP contribution in [0.25, 0.3) is 0 Å². The number of nitrogens with zero attached hydrogens (tertiary/aromatic N) is 2. The average molecular weight is 210 g/mol. The molecule has 0 amide bonds. The van der Waals surface area contributed by atoms with Gasteiger partial charge in [0.2, 0.25) is 0 Å². The minimum atomic E-state index is 0.478. The van der Waals surface area contributed by atoms with Crippen molar-refractivity contribution in [2.45, 2.75) is 18.7 Å². The van der Waals surface area contributed by atoms with Crippen molar-refractivity contribution in [3.05, 3.63) is 22.8 Å². The quantitative estimate of drug-likeness (QED) is 0.612. The first-order valence-electron chi connectivity index (χ1n) is 5.05. The summed E-state index contributed by atoms with van der Waals surface area (Å²) in [5, 5.41) is 0.478. The molecule has 2 nitrogen and oxygen atoms in total. The van der Waals surface area contributed by atoms with Crippen molar-refractivity contribution in [1.82, 2.24) is 9.80 Å². The fraction of sp³-hybridized carbons (Fsp3) is 0.636. The molecule has 0 aromatic heterocycles. The lowest BCUT2D eigenvalue weighted by Crippen LogP contribution is -2.30. The van der Waals surface area contributed by atoms with Crippen LogP contribution < -0.4 is 0 Å². The van der Waals surface area contributed by atoms with E-state index in [-0.39, 0.29) is 0 Å². The van der Waals surface area contributed by atoms with Gasteiger partial charge >= 0.3 is 0 Å². The highest BCUT2D eigenvalue weighted by molar-refractivity contribution is 8.04. The van der Waals surface area contributed by atoms with Crippen LogP contribution in [0.4, 0.5) is 0 Å². The number of hydrogen-bond donors (Lipinski definition) is 0. The van der Waals surface area contributed by atoms with Gasteiger partial charge in [-0.15, -0.1) is 0 Å². The van der Waals surface area contributed by atoms with Crippen LogP contribution >= 0.6 is 11.8 Å². The fourth-order valence-corrected chi connectivity index (χ4v) is 3.55. The summed E-state index contributed by atoms with van der Waals surface area (Å²) < 4.78 is 0. The second kappa shape index (κ2) is 3.63. The molecule has 0 bridgehead atoms. The Kier molecular flexibility index (Phi) is 2.62. The fourth-order valence-electron chi connectivity index (χ4n) is 2.12. The molecule has 0 aliphatic carbocycles. The van der Waals surface area contributed by atoms with E-state index in [2.05, 4.69) is 37.4 Å². The summed E-state index contributed by atoms with van der Waals surface area (Å²) in [7, 11) is 4.39. The predicted molar refractivity (Wildman–Crippen MR) is 63.1 cm³/mol. The third-order valence-electron chi connectivity index (χ3n) is 2.92. The molecular formula is C11H18N2S. The zero-order valence-electron chi connectivity index (χ0n) is 9.21. The van der Waals surface area contributed by atoms with Gasteiger partial charge in [0.15, 0.2) is 0 Å². The highest BCUT2D eigenvalue weighted by atomic mass is 32.2. The van der Waals surface area contributed by atoms with E-state index >= 15 is 0 Å². The molecule has 0 radical (unpaired) electrons. The molecule has 1 atom stereocenters. The summed E-state index contributed by atoms with van der Waals surface area (Å²) in [5.41, 5.74) is 2.80. The van der Waals surface area contributed by atoms with Gasteiger partial charge in [-0.2, -0.15) is 0 Å². The van der Waals surface area contributed by atoms with Crippen LogP contribution in [0.5, 0.6) is 0 Å². The number of thioether (sulfide) groups is 1. The molecule has 0 fully saturated rings. The van der Waals surface area contributed by atoms with Crippen molar-refractivity contribution in [2.24, 2.45) is 0 Å². The second-order valence-corrected chi connectivity index (χ2v) is 5.46. The molecule has 0 saturated carbocycles. The highest BCUT2D eigenvalue weighted by Gasteiger charge is 2.32. The maximum atomic E-state index is 4.06. The molecule has 2 aliphatic rings. The van der Waals surface area contributed by atoms with Gasteiger partial charge < -0.3 is 9.80 Å². The third-order valence-corrected chi connectivity index (χ3v) is 4.51. The van der Waals surface area contributed by atoms with Crippen molar-refractivity contribution >= 4 is 11.8 Å². The summed E-state index contributed by atoms with van der Waals surface area (Å²) >= 11 is 1.98. The Morgan fingerprint density at radius 1 is 1.50 bits per heavy atom. The zero-order valence-corrected chi connectivity index (χ0v) is 10.0. The van der Waals surface area contributed by atoms with Crippen molar-refractivity contribution in [3.8, 4) is 0 Å². The van der Waals surface area contributed by atoms with E-state index in [1.807, 2.05) is 11.8 Å². The Hall–Kier alpha value is -0.410. The minimum Gasteiger partial charge on any atom is -0.361 e. The first kappa shape index (κ1) is 10.1. The van der Waals surface area contributed by atoms with Crippen molar-refractivity contribution in [2.75, 3.05) is 27.2 Å². The van der Waals surface area contributed by atoms with E-state index in [1.165, 1.54) is 18.5 Å². The van der Waals surface area contributed by atoms with Crippen molar-refractivity contribution in [1.29, 1.82) is 0 Å². The molecule has 14 heavy (non-hydrogen) atoms. The Morgan fingerprint density at radius 3 is 2.86 bits per heavy atom. The third kappa shape index (κ3) is 1.59. The largest absolute Gasteiger partial charge is 0.361 e. The van der Waals surface area contributed by atoms with Crippen LogP contribution in [-0.2, 0) is 0 Å². The predicted octanol–water partition coefficient (Wildman–Crippen LogP) is 2.11. The summed E-state index contributed by atoms with van der Waals surface area (Å²) in [6, 6.07) is 0. The molecule has 0 N–H and O–H groups in total. The smallest absolute Gasteiger partial charge is 0.0998 e. The molecule has 2 aliphatic heterocycles. The Labute approximate surface area is 90.6 Å². The summed E-state index contributed by atoms with van der Waals surface area (Å²) in [6.45, 7) is 8.49. The van der Waals surface area contributed by atoms with Gasteiger partial charge in [-0.25, -0.2) is 0 Å². The molecule has 2 rings (SSSR count). The maximum absolute atomic E-state index is 4.06. The van der Waals surface area contributed by atoms with E-state index in [0.717, 1.165) is 6.54 Å². The SMILES string of the molecule is C=C(C)C1SC2=C(CCN(C)C2)N1C. The van der Waals surface area contributed by atoms with Crippen molar-refractivity contribution < 1.29 is 0 Å². The Bertz CT molecular complexity index is 296. The number of hydrogen-bond acceptors (Lipinski definition) is 3. The Morgan fingerprint density at radius 2 is 2.21 bits per heavy atom. The maximum Gasteiger partial charge on any atom is 0.0998 e. The van der Waals surface area contributed by atoms with E-state index in [4.69, 9.17) is 0 Å². The summed E-state index contributed by atoms with van der Waals surface area (Å²) in [6.07, 6.45) is 1.19. The van der Waals surface area contributed by atoms with Crippen molar-refractivity contribution in [3.63, 3.8) is 0 Å². The first-order chi connectivity index (χ1) is 6.59. The molecule has 1 unspecified atom stereocenters. The van der Waals surface area contributed by atoms with Crippen LogP contribution in [0.2, 0.25) is 0 Å². The van der Waals surface area contributed by atoms with Crippen LogP contribution in [0.1, 0.15) is 13.3 Å². The number of rotatable bonds is 1. The van der Waals surface area contributed by atoms with Crippen LogP contribution in [0, 0.1) is 0 Å². The van der Waals surface area contributed by atoms with Gasteiger partial charge in [0, 0.05) is 37.2 Å². The second-order valence-electron chi connectivity index (χ2n) is 4.29. The monoisotopic (exact) mass is 210 g/mol. The molecule has 0 aromatic rings. The minimum absolute atomic E-state index is 0.478. The summed E-state index contributed by atoms with van der Waals surface area (Å²) in [4.78, 5) is 6.34. The molecule has 3 heteroatoms. The van der Waals surface area contributed by atoms with Gasteiger partial charge in [0.05, 0.1) is 5.37 Å². The molecule has 0 spiro atoms. The van der Waals surface area contributed by atoms with Gasteiger partial charge in [0.1, 0.15) is 0 Å².